The molecular weight excluding hydrogens is 174 g/mol. The van der Waals surface area contributed by atoms with Crippen molar-refractivity contribution in [2.75, 3.05) is 0 Å². The van der Waals surface area contributed by atoms with Gasteiger partial charge in [0, 0.05) is 0 Å². The minimum absolute atomic E-state index is 0. The first kappa shape index (κ1) is 27.0. The molecule has 0 heterocycles. The molecular formula is H8AlCaFSr. The van der Waals surface area contributed by atoms with Crippen LogP contribution in [-0.4, -0.2) is 101 Å². The molecule has 0 amide bonds. The average Bonchev–Trinajstić information content (AvgIpc) is 0. The van der Waals surface area contributed by atoms with E-state index in [4.69, 9.17) is 0 Å². The summed E-state index contributed by atoms with van der Waals surface area (Å²) in [5, 5.41) is 0. The monoisotopic (exact) mass is 182 g/mol. The SMILES string of the molecule is F.[AlH3].[Ca+2].[H-].[H-].[H-].[H-].[Sr+2]. The summed E-state index contributed by atoms with van der Waals surface area (Å²) in [6.45, 7) is 0. The third-order valence-corrected chi connectivity index (χ3v) is 0. The third kappa shape index (κ3) is 8.96. The molecule has 0 N–H and O–H groups in total. The van der Waals surface area contributed by atoms with Gasteiger partial charge in [-0.05, 0) is 0 Å². The minimum Gasteiger partial charge on any atom is -1.00 e. The van der Waals surface area contributed by atoms with E-state index in [1.807, 2.05) is 0 Å². The normalized spacial score (nSPS) is 0. The average molecular weight is 182 g/mol. The maximum absolute atomic E-state index is 0. The van der Waals surface area contributed by atoms with Gasteiger partial charge in [0.1, 0.15) is 0 Å². The molecule has 0 aliphatic carbocycles. The van der Waals surface area contributed by atoms with E-state index in [2.05, 4.69) is 0 Å². The van der Waals surface area contributed by atoms with E-state index < -0.39 is 0 Å². The van der Waals surface area contributed by atoms with E-state index in [1.165, 1.54) is 0 Å². The molecule has 0 rings (SSSR count). The van der Waals surface area contributed by atoms with Crippen molar-refractivity contribution < 1.29 is 10.4 Å². The summed E-state index contributed by atoms with van der Waals surface area (Å²) in [7, 11) is 0. The van der Waals surface area contributed by atoms with E-state index in [1.54, 1.807) is 0 Å². The van der Waals surface area contributed by atoms with Gasteiger partial charge in [-0.15, -0.1) is 0 Å². The van der Waals surface area contributed by atoms with Gasteiger partial charge in [-0.25, -0.2) is 0 Å². The predicted molar refractivity (Wildman–Crippen MR) is 28.4 cm³/mol. The molecule has 0 bridgehead atoms. The Morgan fingerprint density at radius 3 is 1.25 bits per heavy atom. The fourth-order valence-corrected chi connectivity index (χ4v) is 0. The van der Waals surface area contributed by atoms with E-state index in [0.29, 0.717) is 0 Å². The Hall–Kier alpha value is 3.20. The summed E-state index contributed by atoms with van der Waals surface area (Å²) >= 11 is 0. The zero-order chi connectivity index (χ0) is 0. The summed E-state index contributed by atoms with van der Waals surface area (Å²) < 4.78 is 0. The first-order chi connectivity index (χ1) is 0. The van der Waals surface area contributed by atoms with E-state index in [0.717, 1.165) is 0 Å². The smallest absolute Gasteiger partial charge is 1.00 e. The molecule has 0 saturated carbocycles. The van der Waals surface area contributed by atoms with Gasteiger partial charge in [-0.2, -0.15) is 0 Å². The number of halogens is 1. The van der Waals surface area contributed by atoms with Crippen LogP contribution in [0.15, 0.2) is 0 Å². The maximum Gasteiger partial charge on any atom is 2.00 e. The number of hydrogen-bond donors (Lipinski definition) is 0. The summed E-state index contributed by atoms with van der Waals surface area (Å²) in [6.07, 6.45) is 0. The molecule has 0 atom stereocenters. The van der Waals surface area contributed by atoms with Gasteiger partial charge in [0.05, 0.1) is 0 Å². The molecule has 4 heteroatoms. The molecule has 0 aromatic heterocycles. The molecule has 0 aliphatic rings. The fourth-order valence-electron chi connectivity index (χ4n) is 0. The molecule has 22 valence electrons. The second-order valence-corrected chi connectivity index (χ2v) is 0. The molecule has 0 nitrogen and oxygen atoms in total. The van der Waals surface area contributed by atoms with Crippen LogP contribution in [0.2, 0.25) is 0 Å². The molecule has 0 aromatic carbocycles. The van der Waals surface area contributed by atoms with Gasteiger partial charge in [-0.1, -0.05) is 0 Å². The second-order valence-electron chi connectivity index (χ2n) is 0. The number of hydrogen-bond acceptors (Lipinski definition) is 0. The van der Waals surface area contributed by atoms with E-state index in [9.17, 15) is 0 Å². The van der Waals surface area contributed by atoms with Crippen LogP contribution in [0.3, 0.4) is 0 Å². The predicted octanol–water partition coefficient (Wildman–Crippen LogP) is -1.34. The molecule has 0 unspecified atom stereocenters. The van der Waals surface area contributed by atoms with Crippen LogP contribution in [0.25, 0.3) is 0 Å². The van der Waals surface area contributed by atoms with E-state index >= 15 is 0 Å². The Bertz CT molecular complexity index is 16.0. The van der Waals surface area contributed by atoms with Crippen LogP contribution in [0.5, 0.6) is 0 Å². The minimum atomic E-state index is 0. The molecule has 0 fully saturated rings. The van der Waals surface area contributed by atoms with Crippen LogP contribution in [0, 0.1) is 0 Å². The second kappa shape index (κ2) is 16.4. The van der Waals surface area contributed by atoms with Crippen molar-refractivity contribution in [1.29, 1.82) is 0 Å². The molecule has 0 saturated heterocycles. The van der Waals surface area contributed by atoms with Crippen molar-refractivity contribution in [3.8, 4) is 0 Å². The van der Waals surface area contributed by atoms with E-state index in [-0.39, 0.29) is 111 Å². The maximum atomic E-state index is 0. The standard InChI is InChI=1S/Al.Ca.FH.Sr.7H/h;;1H;;;;;;;;/q;+2;;+2;;;;4*-1. The summed E-state index contributed by atoms with van der Waals surface area (Å²) in [5.74, 6) is 0. The van der Waals surface area contributed by atoms with Crippen molar-refractivity contribution in [3.63, 3.8) is 0 Å². The molecule has 0 aromatic rings. The van der Waals surface area contributed by atoms with Crippen molar-refractivity contribution in [3.05, 3.63) is 0 Å². The summed E-state index contributed by atoms with van der Waals surface area (Å²) in [5.41, 5.74) is 0. The quantitative estimate of drug-likeness (QED) is 0.406. The van der Waals surface area contributed by atoms with Crippen LogP contribution in [0.1, 0.15) is 5.71 Å². The van der Waals surface area contributed by atoms with Crippen LogP contribution >= 0.6 is 0 Å². The van der Waals surface area contributed by atoms with Crippen molar-refractivity contribution >= 4 is 101 Å². The Morgan fingerprint density at radius 1 is 1.25 bits per heavy atom. The number of rotatable bonds is 0. The Morgan fingerprint density at radius 2 is 1.25 bits per heavy atom. The van der Waals surface area contributed by atoms with Crippen LogP contribution in [0.4, 0.5) is 4.70 Å². The topological polar surface area (TPSA) is 0 Å². The molecule has 0 spiro atoms. The van der Waals surface area contributed by atoms with Crippen LogP contribution in [-0.2, 0) is 0 Å². The van der Waals surface area contributed by atoms with Crippen molar-refractivity contribution in [1.82, 2.24) is 0 Å². The Balaban J connectivity index is 0. The first-order valence-corrected chi connectivity index (χ1v) is 0. The Kier molecular flexibility index (Phi) is 111. The van der Waals surface area contributed by atoms with Gasteiger partial charge in [0.25, 0.3) is 0 Å². The summed E-state index contributed by atoms with van der Waals surface area (Å²) in [6, 6.07) is 0. The van der Waals surface area contributed by atoms with Crippen molar-refractivity contribution in [2.45, 2.75) is 0 Å². The van der Waals surface area contributed by atoms with Gasteiger partial charge in [0.15, 0.2) is 17.4 Å². The van der Waals surface area contributed by atoms with Gasteiger partial charge in [-0.3, -0.25) is 4.70 Å². The van der Waals surface area contributed by atoms with Gasteiger partial charge in [0.2, 0.25) is 0 Å². The fraction of sp³-hybridized carbons (Fsp3) is 0. The first-order valence-electron chi connectivity index (χ1n) is 0. The van der Waals surface area contributed by atoms with Crippen LogP contribution < -0.4 is 0 Å². The summed E-state index contributed by atoms with van der Waals surface area (Å²) in [4.78, 5) is 0. The van der Waals surface area contributed by atoms with Crippen molar-refractivity contribution in [2.24, 2.45) is 0 Å². The zero-order valence-electron chi connectivity index (χ0n) is 5.82. The Labute approximate surface area is 108 Å². The molecule has 0 radical (unpaired) electrons. The molecule has 0 aliphatic heterocycles. The van der Waals surface area contributed by atoms with Gasteiger partial charge >= 0.3 is 83.2 Å². The zero-order valence-corrected chi connectivity index (χ0v) is 7.51. The largest absolute Gasteiger partial charge is 2.00 e. The third-order valence-electron chi connectivity index (χ3n) is 0. The van der Waals surface area contributed by atoms with Gasteiger partial charge < -0.3 is 5.71 Å². The molecule has 4 heavy (non-hydrogen) atoms.